The number of anilines is 1. The summed E-state index contributed by atoms with van der Waals surface area (Å²) in [5.41, 5.74) is -0.00199. The lowest BCUT2D eigenvalue weighted by Gasteiger charge is -2.21. The Morgan fingerprint density at radius 1 is 1.07 bits per heavy atom. The van der Waals surface area contributed by atoms with Crippen molar-refractivity contribution in [3.8, 4) is 17.2 Å². The SMILES string of the molecule is COC(=O)c1ccc2c(c1)N(CC(=O)O)C(=O)c1c(OCC(=O)O)cccc1O2. The first-order valence-electron chi connectivity index (χ1n) is 8.23. The fourth-order valence-electron chi connectivity index (χ4n) is 2.78. The standard InChI is InChI=1S/C19H15NO9/c1-27-19(26)10-5-6-12-11(7-10)20(8-15(21)22)18(25)17-13(28-9-16(23)24)3-2-4-14(17)29-12/h2-7H,8-9H2,1H3,(H,21,22)(H,23,24). The van der Waals surface area contributed by atoms with E-state index >= 15 is 0 Å². The second-order valence-electron chi connectivity index (χ2n) is 5.87. The maximum absolute atomic E-state index is 13.2. The van der Waals surface area contributed by atoms with Crippen molar-refractivity contribution in [2.75, 3.05) is 25.2 Å². The number of nitrogens with zero attached hydrogens (tertiary/aromatic N) is 1. The van der Waals surface area contributed by atoms with E-state index in [1.807, 2.05) is 0 Å². The van der Waals surface area contributed by atoms with Crippen molar-refractivity contribution in [1.82, 2.24) is 0 Å². The number of fused-ring (bicyclic) bond motifs is 2. The molecule has 0 radical (unpaired) electrons. The van der Waals surface area contributed by atoms with Gasteiger partial charge >= 0.3 is 17.9 Å². The highest BCUT2D eigenvalue weighted by Crippen LogP contribution is 2.42. The minimum atomic E-state index is -1.31. The van der Waals surface area contributed by atoms with Crippen molar-refractivity contribution >= 4 is 29.5 Å². The van der Waals surface area contributed by atoms with Crippen LogP contribution in [0.1, 0.15) is 20.7 Å². The average Bonchev–Trinajstić information content (AvgIpc) is 2.80. The Bertz CT molecular complexity index is 1010. The second-order valence-corrected chi connectivity index (χ2v) is 5.87. The number of benzene rings is 2. The largest absolute Gasteiger partial charge is 0.481 e. The van der Waals surface area contributed by atoms with Gasteiger partial charge in [-0.05, 0) is 30.3 Å². The molecule has 0 aromatic heterocycles. The Morgan fingerprint density at radius 3 is 2.48 bits per heavy atom. The molecule has 29 heavy (non-hydrogen) atoms. The van der Waals surface area contributed by atoms with Crippen molar-refractivity contribution in [3.05, 3.63) is 47.5 Å². The summed E-state index contributed by atoms with van der Waals surface area (Å²) in [4.78, 5) is 48.2. The van der Waals surface area contributed by atoms with E-state index in [4.69, 9.17) is 14.6 Å². The van der Waals surface area contributed by atoms with Crippen LogP contribution in [0.3, 0.4) is 0 Å². The van der Waals surface area contributed by atoms with Gasteiger partial charge < -0.3 is 24.4 Å². The Labute approximate surface area is 163 Å². The molecule has 10 heteroatoms. The van der Waals surface area contributed by atoms with Crippen LogP contribution in [0.4, 0.5) is 5.69 Å². The number of amides is 1. The van der Waals surface area contributed by atoms with Crippen LogP contribution in [-0.2, 0) is 14.3 Å². The normalized spacial score (nSPS) is 12.2. The van der Waals surface area contributed by atoms with E-state index in [0.29, 0.717) is 0 Å². The molecule has 0 fully saturated rings. The molecule has 3 rings (SSSR count). The molecule has 1 aliphatic rings. The lowest BCUT2D eigenvalue weighted by molar-refractivity contribution is -0.139. The zero-order chi connectivity index (χ0) is 21.1. The highest BCUT2D eigenvalue weighted by molar-refractivity contribution is 6.13. The van der Waals surface area contributed by atoms with Gasteiger partial charge in [-0.25, -0.2) is 9.59 Å². The summed E-state index contributed by atoms with van der Waals surface area (Å²) in [5, 5.41) is 18.1. The molecule has 1 aliphatic heterocycles. The number of hydrogen-bond acceptors (Lipinski definition) is 7. The molecule has 0 spiro atoms. The molecule has 2 aromatic rings. The first kappa shape index (κ1) is 19.7. The van der Waals surface area contributed by atoms with Crippen LogP contribution < -0.4 is 14.4 Å². The van der Waals surface area contributed by atoms with E-state index in [1.54, 1.807) is 0 Å². The van der Waals surface area contributed by atoms with Crippen LogP contribution in [0.2, 0.25) is 0 Å². The Morgan fingerprint density at radius 2 is 1.83 bits per heavy atom. The topological polar surface area (TPSA) is 140 Å². The van der Waals surface area contributed by atoms with Crippen LogP contribution in [0.5, 0.6) is 17.2 Å². The van der Waals surface area contributed by atoms with E-state index in [0.717, 1.165) is 4.90 Å². The highest BCUT2D eigenvalue weighted by Gasteiger charge is 2.33. The summed E-state index contributed by atoms with van der Waals surface area (Å²) in [5.74, 6) is -3.92. The molecule has 2 N–H and O–H groups in total. The van der Waals surface area contributed by atoms with Gasteiger partial charge in [0.05, 0.1) is 18.4 Å². The summed E-state index contributed by atoms with van der Waals surface area (Å²) in [6.07, 6.45) is 0. The van der Waals surface area contributed by atoms with Gasteiger partial charge in [0, 0.05) is 0 Å². The zero-order valence-corrected chi connectivity index (χ0v) is 15.1. The third kappa shape index (κ3) is 3.95. The zero-order valence-electron chi connectivity index (χ0n) is 15.1. The average molecular weight is 401 g/mol. The van der Waals surface area contributed by atoms with Gasteiger partial charge in [-0.15, -0.1) is 0 Å². The van der Waals surface area contributed by atoms with Crippen molar-refractivity contribution in [2.24, 2.45) is 0 Å². The smallest absolute Gasteiger partial charge is 0.341 e. The predicted octanol–water partition coefficient (Wildman–Crippen LogP) is 1.77. The summed E-state index contributed by atoms with van der Waals surface area (Å²) < 4.78 is 15.6. The molecule has 0 saturated heterocycles. The number of carboxylic acids is 2. The minimum Gasteiger partial charge on any atom is -0.481 e. The van der Waals surface area contributed by atoms with Crippen molar-refractivity contribution in [2.45, 2.75) is 0 Å². The molecule has 1 amide bonds. The van der Waals surface area contributed by atoms with Gasteiger partial charge in [0.1, 0.15) is 23.6 Å². The summed E-state index contributed by atoms with van der Waals surface area (Å²) in [6, 6.07) is 8.43. The number of carboxylic acid groups (broad SMARTS) is 2. The van der Waals surface area contributed by atoms with Crippen molar-refractivity contribution < 1.29 is 43.6 Å². The van der Waals surface area contributed by atoms with Gasteiger partial charge in [-0.2, -0.15) is 0 Å². The van der Waals surface area contributed by atoms with E-state index in [-0.39, 0.29) is 34.1 Å². The van der Waals surface area contributed by atoms with Crippen LogP contribution in [0.15, 0.2) is 36.4 Å². The Hall–Kier alpha value is -4.08. The number of esters is 1. The quantitative estimate of drug-likeness (QED) is 0.693. The van der Waals surface area contributed by atoms with E-state index in [2.05, 4.69) is 4.74 Å². The van der Waals surface area contributed by atoms with Gasteiger partial charge in [0.15, 0.2) is 12.4 Å². The molecule has 0 atom stereocenters. The Kier molecular flexibility index (Phi) is 5.35. The molecule has 1 heterocycles. The molecule has 0 bridgehead atoms. The van der Waals surface area contributed by atoms with E-state index < -0.39 is 37.0 Å². The molecule has 0 aliphatic carbocycles. The van der Waals surface area contributed by atoms with E-state index in [9.17, 15) is 24.3 Å². The molecule has 2 aromatic carbocycles. The van der Waals surface area contributed by atoms with Gasteiger partial charge in [-0.1, -0.05) is 6.07 Å². The molecular weight excluding hydrogens is 386 g/mol. The Balaban J connectivity index is 2.15. The number of hydrogen-bond donors (Lipinski definition) is 2. The summed E-state index contributed by atoms with van der Waals surface area (Å²) in [6.45, 7) is -1.44. The van der Waals surface area contributed by atoms with Gasteiger partial charge in [0.25, 0.3) is 5.91 Å². The molecule has 0 unspecified atom stereocenters. The number of carbonyl (C=O) groups is 4. The lowest BCUT2D eigenvalue weighted by atomic mass is 10.1. The first-order valence-corrected chi connectivity index (χ1v) is 8.23. The highest BCUT2D eigenvalue weighted by atomic mass is 16.5. The molecular formula is C19H15NO9. The van der Waals surface area contributed by atoms with Gasteiger partial charge in [-0.3, -0.25) is 14.5 Å². The van der Waals surface area contributed by atoms with Crippen LogP contribution in [0.25, 0.3) is 0 Å². The van der Waals surface area contributed by atoms with Crippen molar-refractivity contribution in [1.29, 1.82) is 0 Å². The molecule has 0 saturated carbocycles. The van der Waals surface area contributed by atoms with Crippen LogP contribution >= 0.6 is 0 Å². The number of carbonyl (C=O) groups excluding carboxylic acids is 2. The van der Waals surface area contributed by atoms with Crippen molar-refractivity contribution in [3.63, 3.8) is 0 Å². The second kappa shape index (κ2) is 7.89. The van der Waals surface area contributed by atoms with Gasteiger partial charge in [0.2, 0.25) is 0 Å². The fraction of sp³-hybridized carbons (Fsp3) is 0.158. The maximum atomic E-state index is 13.2. The predicted molar refractivity (Wildman–Crippen MR) is 96.7 cm³/mol. The van der Waals surface area contributed by atoms with Crippen LogP contribution in [0, 0.1) is 0 Å². The third-order valence-corrected chi connectivity index (χ3v) is 3.98. The minimum absolute atomic E-state index is 0.0423. The maximum Gasteiger partial charge on any atom is 0.341 e. The van der Waals surface area contributed by atoms with Crippen LogP contribution in [-0.4, -0.2) is 54.3 Å². The molecule has 150 valence electrons. The first-order chi connectivity index (χ1) is 13.8. The fourth-order valence-corrected chi connectivity index (χ4v) is 2.78. The number of methoxy groups -OCH3 is 1. The van der Waals surface area contributed by atoms with E-state index in [1.165, 1.54) is 43.5 Å². The third-order valence-electron chi connectivity index (χ3n) is 3.98. The monoisotopic (exact) mass is 401 g/mol. The summed E-state index contributed by atoms with van der Waals surface area (Å²) >= 11 is 0. The number of aliphatic carboxylic acids is 2. The number of ether oxygens (including phenoxy) is 3. The molecule has 10 nitrogen and oxygen atoms in total. The summed E-state index contributed by atoms with van der Waals surface area (Å²) in [7, 11) is 1.19. The lowest BCUT2D eigenvalue weighted by Crippen LogP contribution is -2.35. The number of rotatable bonds is 6.